The molecule has 4 aromatic rings. The van der Waals surface area contributed by atoms with Crippen molar-refractivity contribution in [3.63, 3.8) is 0 Å². The fraction of sp³-hybridized carbons (Fsp3) is 0.0476. The van der Waals surface area contributed by atoms with Gasteiger partial charge in [-0.25, -0.2) is 15.0 Å². The Morgan fingerprint density at radius 1 is 0.600 bits per heavy atom. The molecule has 0 fully saturated rings. The van der Waals surface area contributed by atoms with Crippen LogP contribution in [0.3, 0.4) is 0 Å². The summed E-state index contributed by atoms with van der Waals surface area (Å²) in [5.74, 6) is 1.87. The van der Waals surface area contributed by atoms with Crippen LogP contribution in [-0.2, 0) is 0 Å². The van der Waals surface area contributed by atoms with E-state index in [0.717, 1.165) is 16.8 Å². The lowest BCUT2D eigenvalue weighted by molar-refractivity contribution is 1.06. The molecule has 0 bridgehead atoms. The maximum absolute atomic E-state index is 4.69. The molecule has 0 aliphatic rings. The molecule has 0 saturated heterocycles. The molecule has 120 valence electrons. The van der Waals surface area contributed by atoms with Crippen molar-refractivity contribution < 1.29 is 0 Å². The van der Waals surface area contributed by atoms with Crippen LogP contribution >= 0.6 is 0 Å². The summed E-state index contributed by atoms with van der Waals surface area (Å²) in [5.41, 5.74) is 3.82. The summed E-state index contributed by atoms with van der Waals surface area (Å²) in [5, 5.41) is 0. The zero-order valence-electron chi connectivity index (χ0n) is 13.8. The number of nitrogens with zero attached hydrogens (tertiary/aromatic N) is 4. The van der Waals surface area contributed by atoms with E-state index < -0.39 is 0 Å². The molecule has 2 aromatic carbocycles. The molecule has 0 aliphatic heterocycles. The second kappa shape index (κ2) is 6.61. The van der Waals surface area contributed by atoms with Crippen molar-refractivity contribution in [3.05, 3.63) is 84.6 Å². The Kier molecular flexibility index (Phi) is 4.01. The first-order valence-corrected chi connectivity index (χ1v) is 8.09. The first-order valence-electron chi connectivity index (χ1n) is 8.09. The molecule has 4 rings (SSSR count). The number of aryl methyl sites for hydroxylation is 1. The van der Waals surface area contributed by atoms with E-state index in [1.165, 1.54) is 5.56 Å². The highest BCUT2D eigenvalue weighted by Gasteiger charge is 2.12. The fourth-order valence-corrected chi connectivity index (χ4v) is 2.62. The van der Waals surface area contributed by atoms with Crippen LogP contribution in [0.4, 0.5) is 0 Å². The first-order chi connectivity index (χ1) is 12.3. The fourth-order valence-electron chi connectivity index (χ4n) is 2.62. The minimum absolute atomic E-state index is 0.575. The first kappa shape index (κ1) is 15.1. The Labute approximate surface area is 146 Å². The van der Waals surface area contributed by atoms with Crippen molar-refractivity contribution in [1.29, 1.82) is 0 Å². The van der Waals surface area contributed by atoms with E-state index in [-0.39, 0.29) is 0 Å². The van der Waals surface area contributed by atoms with Gasteiger partial charge in [-0.2, -0.15) is 0 Å². The molecular formula is C21H16N4. The summed E-state index contributed by atoms with van der Waals surface area (Å²) in [7, 11) is 0. The summed E-state index contributed by atoms with van der Waals surface area (Å²) in [4.78, 5) is 18.4. The molecule has 4 nitrogen and oxygen atoms in total. The van der Waals surface area contributed by atoms with Gasteiger partial charge in [-0.3, -0.25) is 4.98 Å². The minimum atomic E-state index is 0.575. The Balaban J connectivity index is 1.92. The molecule has 0 radical (unpaired) electrons. The van der Waals surface area contributed by atoms with Crippen molar-refractivity contribution in [3.8, 4) is 34.3 Å². The van der Waals surface area contributed by atoms with E-state index in [9.17, 15) is 0 Å². The lowest BCUT2D eigenvalue weighted by atomic mass is 10.1. The molecule has 2 heterocycles. The van der Waals surface area contributed by atoms with Crippen molar-refractivity contribution in [2.45, 2.75) is 6.92 Å². The summed E-state index contributed by atoms with van der Waals surface area (Å²) >= 11 is 0. The predicted octanol–water partition coefficient (Wildman–Crippen LogP) is 4.58. The SMILES string of the molecule is Cc1cccc(-c2nc(-c3ccccc3)nc(-c3ccccn3)n2)c1. The second-order valence-electron chi connectivity index (χ2n) is 5.76. The van der Waals surface area contributed by atoms with Gasteiger partial charge in [0.1, 0.15) is 5.69 Å². The normalized spacial score (nSPS) is 10.6. The lowest BCUT2D eigenvalue weighted by Gasteiger charge is -2.08. The standard InChI is InChI=1S/C21H16N4/c1-15-8-7-11-17(14-15)20-23-19(16-9-3-2-4-10-16)24-21(25-20)18-12-5-6-13-22-18/h2-14H,1H3. The van der Waals surface area contributed by atoms with Gasteiger partial charge in [-0.15, -0.1) is 0 Å². The highest BCUT2D eigenvalue weighted by molar-refractivity contribution is 5.65. The molecule has 2 aromatic heterocycles. The third-order valence-electron chi connectivity index (χ3n) is 3.84. The predicted molar refractivity (Wildman–Crippen MR) is 98.7 cm³/mol. The molecule has 0 saturated carbocycles. The van der Waals surface area contributed by atoms with Crippen LogP contribution in [-0.4, -0.2) is 19.9 Å². The van der Waals surface area contributed by atoms with Crippen LogP contribution < -0.4 is 0 Å². The van der Waals surface area contributed by atoms with Crippen molar-refractivity contribution in [1.82, 2.24) is 19.9 Å². The highest BCUT2D eigenvalue weighted by Crippen LogP contribution is 2.23. The van der Waals surface area contributed by atoms with Crippen molar-refractivity contribution in [2.75, 3.05) is 0 Å². The summed E-state index contributed by atoms with van der Waals surface area (Å²) in [6.45, 7) is 2.06. The van der Waals surface area contributed by atoms with Crippen molar-refractivity contribution >= 4 is 0 Å². The summed E-state index contributed by atoms with van der Waals surface area (Å²) in [6.07, 6.45) is 1.74. The summed E-state index contributed by atoms with van der Waals surface area (Å²) in [6, 6.07) is 23.8. The Morgan fingerprint density at radius 2 is 1.28 bits per heavy atom. The van der Waals surface area contributed by atoms with E-state index >= 15 is 0 Å². The van der Waals surface area contributed by atoms with Gasteiger partial charge in [0, 0.05) is 17.3 Å². The maximum atomic E-state index is 4.69. The van der Waals surface area contributed by atoms with Gasteiger partial charge < -0.3 is 0 Å². The molecule has 0 atom stereocenters. The van der Waals surface area contributed by atoms with Crippen LogP contribution in [0, 0.1) is 6.92 Å². The van der Waals surface area contributed by atoms with Crippen LogP contribution in [0.1, 0.15) is 5.56 Å². The van der Waals surface area contributed by atoms with Crippen LogP contribution in [0.2, 0.25) is 0 Å². The molecule has 0 unspecified atom stereocenters. The molecule has 25 heavy (non-hydrogen) atoms. The molecule has 0 aliphatic carbocycles. The largest absolute Gasteiger partial charge is 0.253 e. The van der Waals surface area contributed by atoms with Gasteiger partial charge in [0.15, 0.2) is 17.5 Å². The van der Waals surface area contributed by atoms with Crippen molar-refractivity contribution in [2.24, 2.45) is 0 Å². The summed E-state index contributed by atoms with van der Waals surface area (Å²) < 4.78 is 0. The highest BCUT2D eigenvalue weighted by atomic mass is 15.0. The van der Waals surface area contributed by atoms with E-state index in [0.29, 0.717) is 17.5 Å². The number of pyridine rings is 1. The molecule has 4 heteroatoms. The topological polar surface area (TPSA) is 51.6 Å². The third kappa shape index (κ3) is 3.28. The van der Waals surface area contributed by atoms with Crippen LogP contribution in [0.25, 0.3) is 34.3 Å². The van der Waals surface area contributed by atoms with Gasteiger partial charge in [-0.05, 0) is 25.1 Å². The van der Waals surface area contributed by atoms with Crippen LogP contribution in [0.15, 0.2) is 79.0 Å². The van der Waals surface area contributed by atoms with E-state index in [2.05, 4.69) is 34.0 Å². The van der Waals surface area contributed by atoms with Crippen LogP contribution in [0.5, 0.6) is 0 Å². The van der Waals surface area contributed by atoms with E-state index in [1.807, 2.05) is 60.7 Å². The third-order valence-corrected chi connectivity index (χ3v) is 3.84. The van der Waals surface area contributed by atoms with Gasteiger partial charge >= 0.3 is 0 Å². The van der Waals surface area contributed by atoms with Gasteiger partial charge in [0.2, 0.25) is 0 Å². The van der Waals surface area contributed by atoms with Gasteiger partial charge in [0.25, 0.3) is 0 Å². The number of rotatable bonds is 3. The Bertz CT molecular complexity index is 941. The minimum Gasteiger partial charge on any atom is -0.253 e. The average Bonchev–Trinajstić information content (AvgIpc) is 2.69. The number of aromatic nitrogens is 4. The number of hydrogen-bond acceptors (Lipinski definition) is 4. The van der Waals surface area contributed by atoms with E-state index in [4.69, 9.17) is 4.98 Å². The number of benzene rings is 2. The zero-order chi connectivity index (χ0) is 17.1. The molecule has 0 N–H and O–H groups in total. The lowest BCUT2D eigenvalue weighted by Crippen LogP contribution is -2.01. The van der Waals surface area contributed by atoms with E-state index in [1.54, 1.807) is 6.20 Å². The molecular weight excluding hydrogens is 308 g/mol. The maximum Gasteiger partial charge on any atom is 0.182 e. The van der Waals surface area contributed by atoms with Gasteiger partial charge in [-0.1, -0.05) is 60.2 Å². The molecule has 0 amide bonds. The number of hydrogen-bond donors (Lipinski definition) is 0. The molecule has 0 spiro atoms. The average molecular weight is 324 g/mol. The zero-order valence-corrected chi connectivity index (χ0v) is 13.8. The quantitative estimate of drug-likeness (QED) is 0.553. The van der Waals surface area contributed by atoms with Gasteiger partial charge in [0.05, 0.1) is 0 Å². The Hall–Kier alpha value is -3.40. The monoisotopic (exact) mass is 324 g/mol. The Morgan fingerprint density at radius 3 is 2.00 bits per heavy atom. The smallest absolute Gasteiger partial charge is 0.182 e. The second-order valence-corrected chi connectivity index (χ2v) is 5.76.